The molecule has 1 aromatic carbocycles. The highest BCUT2D eigenvalue weighted by atomic mass is 16.5. The van der Waals surface area contributed by atoms with Crippen molar-refractivity contribution in [3.8, 4) is 11.5 Å². The predicted octanol–water partition coefficient (Wildman–Crippen LogP) is 2.53. The summed E-state index contributed by atoms with van der Waals surface area (Å²) in [5.41, 5.74) is 2.36. The average Bonchev–Trinajstić information content (AvgIpc) is 3.42. The average molecular weight is 355 g/mol. The molecule has 1 N–H and O–H groups in total. The first-order chi connectivity index (χ1) is 12.7. The van der Waals surface area contributed by atoms with Crippen LogP contribution in [0.1, 0.15) is 36.4 Å². The highest BCUT2D eigenvalue weighted by molar-refractivity contribution is 5.79. The Labute approximate surface area is 153 Å². The van der Waals surface area contributed by atoms with Crippen LogP contribution in [0.3, 0.4) is 0 Å². The number of hydrogen-bond acceptors (Lipinski definition) is 4. The van der Waals surface area contributed by atoms with Gasteiger partial charge in [0.15, 0.2) is 0 Å². The lowest BCUT2D eigenvalue weighted by Gasteiger charge is -2.25. The molecule has 0 spiro atoms. The Morgan fingerprint density at radius 2 is 2.27 bits per heavy atom. The Bertz CT molecular complexity index is 782. The van der Waals surface area contributed by atoms with Crippen molar-refractivity contribution in [3.05, 3.63) is 41.7 Å². The van der Waals surface area contributed by atoms with Crippen molar-refractivity contribution in [1.29, 1.82) is 0 Å². The van der Waals surface area contributed by atoms with E-state index in [1.165, 1.54) is 18.5 Å². The van der Waals surface area contributed by atoms with Gasteiger partial charge in [-0.05, 0) is 55.5 Å². The van der Waals surface area contributed by atoms with E-state index < -0.39 is 0 Å². The van der Waals surface area contributed by atoms with Gasteiger partial charge < -0.3 is 14.8 Å². The van der Waals surface area contributed by atoms with E-state index in [0.717, 1.165) is 30.0 Å². The number of aryl methyl sites for hydroxylation is 1. The number of nitrogens with zero attached hydrogens (tertiary/aromatic N) is 2. The molecule has 6 heteroatoms. The maximum Gasteiger partial charge on any atom is 0.226 e. The molecule has 2 aliphatic rings. The summed E-state index contributed by atoms with van der Waals surface area (Å²) in [4.78, 5) is 12.5. The van der Waals surface area contributed by atoms with E-state index in [2.05, 4.69) is 21.2 Å². The van der Waals surface area contributed by atoms with E-state index >= 15 is 0 Å². The monoisotopic (exact) mass is 355 g/mol. The quantitative estimate of drug-likeness (QED) is 0.775. The third-order valence-corrected chi connectivity index (χ3v) is 5.14. The van der Waals surface area contributed by atoms with Gasteiger partial charge in [-0.25, -0.2) is 0 Å². The number of nitrogens with one attached hydrogen (secondary N) is 1. The Morgan fingerprint density at radius 3 is 3.08 bits per heavy atom. The van der Waals surface area contributed by atoms with Gasteiger partial charge in [-0.1, -0.05) is 0 Å². The minimum Gasteiger partial charge on any atom is -0.497 e. The molecule has 2 aromatic rings. The van der Waals surface area contributed by atoms with Crippen LogP contribution in [0.2, 0.25) is 0 Å². The number of ether oxygens (including phenoxy) is 2. The maximum absolute atomic E-state index is 12.5. The highest BCUT2D eigenvalue weighted by Gasteiger charge is 2.27. The summed E-state index contributed by atoms with van der Waals surface area (Å²) in [6, 6.07) is 7.85. The minimum atomic E-state index is -0.152. The Kier molecular flexibility index (Phi) is 4.82. The third-order valence-electron chi connectivity index (χ3n) is 5.14. The van der Waals surface area contributed by atoms with Crippen molar-refractivity contribution >= 4 is 5.91 Å². The molecule has 138 valence electrons. The largest absolute Gasteiger partial charge is 0.497 e. The first kappa shape index (κ1) is 16.9. The van der Waals surface area contributed by atoms with E-state index in [4.69, 9.17) is 9.47 Å². The van der Waals surface area contributed by atoms with Crippen LogP contribution in [-0.4, -0.2) is 35.9 Å². The van der Waals surface area contributed by atoms with Gasteiger partial charge in [0.05, 0.1) is 13.0 Å². The van der Waals surface area contributed by atoms with Crippen molar-refractivity contribution in [2.24, 2.45) is 5.92 Å². The van der Waals surface area contributed by atoms with Gasteiger partial charge in [-0.3, -0.25) is 9.48 Å². The van der Waals surface area contributed by atoms with Gasteiger partial charge >= 0.3 is 0 Å². The number of aromatic nitrogens is 2. The maximum atomic E-state index is 12.5. The molecule has 1 saturated carbocycles. The van der Waals surface area contributed by atoms with Crippen LogP contribution in [0, 0.1) is 5.92 Å². The number of rotatable bonds is 7. The standard InChI is InChI=1S/C20H25N3O3/c1-25-17-5-6-19-15(12-17)11-16(13-26-19)20(24)21-8-2-10-23-18(7-9-22-23)14-3-4-14/h5-7,9,12,14,16H,2-4,8,10-11,13H2,1H3,(H,21,24). The van der Waals surface area contributed by atoms with Gasteiger partial charge in [-0.2, -0.15) is 5.10 Å². The van der Waals surface area contributed by atoms with Crippen LogP contribution in [0.25, 0.3) is 0 Å². The molecule has 2 heterocycles. The van der Waals surface area contributed by atoms with Crippen LogP contribution in [0.4, 0.5) is 0 Å². The number of amides is 1. The summed E-state index contributed by atoms with van der Waals surface area (Å²) in [6.45, 7) is 1.93. The Morgan fingerprint density at radius 1 is 1.38 bits per heavy atom. The summed E-state index contributed by atoms with van der Waals surface area (Å²) in [7, 11) is 1.64. The lowest BCUT2D eigenvalue weighted by Crippen LogP contribution is -2.38. The molecule has 1 aliphatic carbocycles. The normalized spacial score (nSPS) is 18.7. The van der Waals surface area contributed by atoms with Crippen molar-refractivity contribution in [2.75, 3.05) is 20.3 Å². The fourth-order valence-corrected chi connectivity index (χ4v) is 3.51. The Hall–Kier alpha value is -2.50. The van der Waals surface area contributed by atoms with E-state index in [0.29, 0.717) is 25.5 Å². The lowest BCUT2D eigenvalue weighted by molar-refractivity contribution is -0.126. The highest BCUT2D eigenvalue weighted by Crippen LogP contribution is 2.39. The van der Waals surface area contributed by atoms with Gasteiger partial charge in [0.1, 0.15) is 18.1 Å². The van der Waals surface area contributed by atoms with E-state index in [1.54, 1.807) is 7.11 Å². The molecule has 1 aliphatic heterocycles. The summed E-state index contributed by atoms with van der Waals surface area (Å²) < 4.78 is 13.1. The number of carbonyl (C=O) groups excluding carboxylic acids is 1. The molecule has 0 bridgehead atoms. The van der Waals surface area contributed by atoms with Gasteiger partial charge in [0.2, 0.25) is 5.91 Å². The topological polar surface area (TPSA) is 65.4 Å². The molecular formula is C20H25N3O3. The van der Waals surface area contributed by atoms with Crippen molar-refractivity contribution in [2.45, 2.75) is 38.1 Å². The van der Waals surface area contributed by atoms with E-state index in [-0.39, 0.29) is 11.8 Å². The molecule has 1 atom stereocenters. The number of carbonyl (C=O) groups is 1. The molecule has 0 radical (unpaired) electrons. The second-order valence-corrected chi connectivity index (χ2v) is 7.08. The fourth-order valence-electron chi connectivity index (χ4n) is 3.51. The zero-order valence-electron chi connectivity index (χ0n) is 15.1. The number of hydrogen-bond donors (Lipinski definition) is 1. The molecule has 1 aromatic heterocycles. The first-order valence-electron chi connectivity index (χ1n) is 9.33. The molecule has 1 fully saturated rings. The van der Waals surface area contributed by atoms with Gasteiger partial charge in [0.25, 0.3) is 0 Å². The number of methoxy groups -OCH3 is 1. The SMILES string of the molecule is COc1ccc2c(c1)CC(C(=O)NCCCn1nccc1C1CC1)CO2. The molecular weight excluding hydrogens is 330 g/mol. The summed E-state index contributed by atoms with van der Waals surface area (Å²) in [5, 5.41) is 7.44. The van der Waals surface area contributed by atoms with Crippen LogP contribution in [0.5, 0.6) is 11.5 Å². The van der Waals surface area contributed by atoms with Crippen LogP contribution in [-0.2, 0) is 17.8 Å². The predicted molar refractivity (Wildman–Crippen MR) is 97.5 cm³/mol. The van der Waals surface area contributed by atoms with Crippen molar-refractivity contribution in [1.82, 2.24) is 15.1 Å². The van der Waals surface area contributed by atoms with Gasteiger partial charge in [-0.15, -0.1) is 0 Å². The molecule has 4 rings (SSSR count). The first-order valence-corrected chi connectivity index (χ1v) is 9.33. The fraction of sp³-hybridized carbons (Fsp3) is 0.500. The van der Waals surface area contributed by atoms with E-state index in [1.807, 2.05) is 24.4 Å². The van der Waals surface area contributed by atoms with Crippen LogP contribution < -0.4 is 14.8 Å². The molecule has 26 heavy (non-hydrogen) atoms. The molecule has 6 nitrogen and oxygen atoms in total. The summed E-state index contributed by atoms with van der Waals surface area (Å²) in [5.74, 6) is 2.24. The third kappa shape index (κ3) is 3.69. The zero-order valence-corrected chi connectivity index (χ0v) is 15.1. The summed E-state index contributed by atoms with van der Waals surface area (Å²) >= 11 is 0. The minimum absolute atomic E-state index is 0.0568. The second kappa shape index (κ2) is 7.40. The lowest BCUT2D eigenvalue weighted by atomic mass is 9.96. The number of fused-ring (bicyclic) bond motifs is 1. The zero-order chi connectivity index (χ0) is 17.9. The summed E-state index contributed by atoms with van der Waals surface area (Å²) in [6.07, 6.45) is 5.98. The smallest absolute Gasteiger partial charge is 0.226 e. The van der Waals surface area contributed by atoms with Gasteiger partial charge in [0, 0.05) is 30.9 Å². The molecule has 0 saturated heterocycles. The van der Waals surface area contributed by atoms with Crippen molar-refractivity contribution < 1.29 is 14.3 Å². The molecule has 1 unspecified atom stereocenters. The number of benzene rings is 1. The van der Waals surface area contributed by atoms with Crippen molar-refractivity contribution in [3.63, 3.8) is 0 Å². The van der Waals surface area contributed by atoms with E-state index in [9.17, 15) is 4.79 Å². The molecule has 1 amide bonds. The van der Waals surface area contributed by atoms with Crippen LogP contribution in [0.15, 0.2) is 30.5 Å². The van der Waals surface area contributed by atoms with Crippen LogP contribution >= 0.6 is 0 Å². The second-order valence-electron chi connectivity index (χ2n) is 7.08. The Balaban J connectivity index is 1.25.